The summed E-state index contributed by atoms with van der Waals surface area (Å²) in [6, 6.07) is 12.7. The first-order valence-electron chi connectivity index (χ1n) is 8.46. The lowest BCUT2D eigenvalue weighted by atomic mass is 10.1. The van der Waals surface area contributed by atoms with Gasteiger partial charge in [0, 0.05) is 12.3 Å². The normalized spacial score (nSPS) is 10.4. The Morgan fingerprint density at radius 2 is 1.77 bits per heavy atom. The van der Waals surface area contributed by atoms with Crippen LogP contribution in [0.3, 0.4) is 0 Å². The molecule has 0 radical (unpaired) electrons. The number of methoxy groups -OCH3 is 2. The van der Waals surface area contributed by atoms with Crippen LogP contribution in [0.4, 0.5) is 5.69 Å². The fourth-order valence-corrected chi connectivity index (χ4v) is 2.46. The number of rotatable bonds is 10. The number of para-hydroxylation sites is 1. The van der Waals surface area contributed by atoms with Gasteiger partial charge < -0.3 is 24.3 Å². The van der Waals surface area contributed by atoms with Crippen LogP contribution >= 0.6 is 0 Å². The predicted octanol–water partition coefficient (Wildman–Crippen LogP) is 3.51. The predicted molar refractivity (Wildman–Crippen MR) is 100 cm³/mol. The van der Waals surface area contributed by atoms with E-state index >= 15 is 0 Å². The zero-order valence-electron chi connectivity index (χ0n) is 15.4. The summed E-state index contributed by atoms with van der Waals surface area (Å²) in [5.74, 6) is 0.648. The third-order valence-electron chi connectivity index (χ3n) is 3.68. The molecule has 1 N–H and O–H groups in total. The maximum absolute atomic E-state index is 12.6. The molecule has 0 aromatic heterocycles. The molecular weight excluding hydrogens is 334 g/mol. The summed E-state index contributed by atoms with van der Waals surface area (Å²) in [6.45, 7) is 4.19. The number of hydrogen-bond donors (Lipinski definition) is 1. The first kappa shape index (κ1) is 19.8. The highest BCUT2D eigenvalue weighted by Gasteiger charge is 2.16. The van der Waals surface area contributed by atoms with Gasteiger partial charge in [-0.05, 0) is 36.8 Å². The largest absolute Gasteiger partial charge is 0.493 e. The van der Waals surface area contributed by atoms with Crippen molar-refractivity contribution in [2.45, 2.75) is 13.5 Å². The quantitative estimate of drug-likeness (QED) is 0.658. The monoisotopic (exact) mass is 359 g/mol. The van der Waals surface area contributed by atoms with Crippen LogP contribution in [0.25, 0.3) is 0 Å². The smallest absolute Gasteiger partial charge is 0.259 e. The van der Waals surface area contributed by atoms with Gasteiger partial charge in [-0.2, -0.15) is 0 Å². The second-order valence-electron chi connectivity index (χ2n) is 5.45. The van der Waals surface area contributed by atoms with Gasteiger partial charge in [0.1, 0.15) is 0 Å². The lowest BCUT2D eigenvalue weighted by molar-refractivity contribution is 0.0453. The van der Waals surface area contributed by atoms with Crippen LogP contribution < -0.4 is 14.8 Å². The van der Waals surface area contributed by atoms with Crippen molar-refractivity contribution >= 4 is 11.6 Å². The summed E-state index contributed by atoms with van der Waals surface area (Å²) < 4.78 is 21.3. The van der Waals surface area contributed by atoms with E-state index in [1.165, 1.54) is 14.2 Å². The lowest BCUT2D eigenvalue weighted by Gasteiger charge is -2.13. The average Bonchev–Trinajstić information content (AvgIpc) is 2.67. The molecule has 2 aromatic rings. The summed E-state index contributed by atoms with van der Waals surface area (Å²) in [4.78, 5) is 12.6. The van der Waals surface area contributed by atoms with E-state index in [4.69, 9.17) is 18.9 Å². The Morgan fingerprint density at radius 3 is 2.50 bits per heavy atom. The third kappa shape index (κ3) is 5.47. The standard InChI is InChI=1S/C20H25NO5/c1-4-25-11-12-26-14-15-7-5-8-16(13-15)21-20(22)17-9-6-10-18(23-2)19(17)24-3/h5-10,13H,4,11-12,14H2,1-3H3,(H,21,22). The molecule has 0 unspecified atom stereocenters. The average molecular weight is 359 g/mol. The molecule has 6 heteroatoms. The van der Waals surface area contributed by atoms with Crippen LogP contribution in [0.5, 0.6) is 11.5 Å². The van der Waals surface area contributed by atoms with E-state index in [-0.39, 0.29) is 5.91 Å². The van der Waals surface area contributed by atoms with E-state index in [2.05, 4.69) is 5.32 Å². The van der Waals surface area contributed by atoms with Crippen molar-refractivity contribution in [2.75, 3.05) is 39.4 Å². The van der Waals surface area contributed by atoms with Gasteiger partial charge in [0.05, 0.1) is 39.6 Å². The molecule has 0 heterocycles. The van der Waals surface area contributed by atoms with Crippen molar-refractivity contribution in [1.82, 2.24) is 0 Å². The Balaban J connectivity index is 2.02. The van der Waals surface area contributed by atoms with Gasteiger partial charge in [0.25, 0.3) is 5.91 Å². The van der Waals surface area contributed by atoms with Crippen molar-refractivity contribution in [1.29, 1.82) is 0 Å². The second-order valence-corrected chi connectivity index (χ2v) is 5.45. The molecule has 6 nitrogen and oxygen atoms in total. The van der Waals surface area contributed by atoms with Gasteiger partial charge in [0.2, 0.25) is 0 Å². The summed E-state index contributed by atoms with van der Waals surface area (Å²) in [6.07, 6.45) is 0. The number of amides is 1. The van der Waals surface area contributed by atoms with Gasteiger partial charge in [-0.15, -0.1) is 0 Å². The number of anilines is 1. The van der Waals surface area contributed by atoms with Crippen molar-refractivity contribution in [3.63, 3.8) is 0 Å². The highest BCUT2D eigenvalue weighted by Crippen LogP contribution is 2.31. The first-order chi connectivity index (χ1) is 12.7. The highest BCUT2D eigenvalue weighted by molar-refractivity contribution is 6.06. The minimum Gasteiger partial charge on any atom is -0.493 e. The Morgan fingerprint density at radius 1 is 1.00 bits per heavy atom. The van der Waals surface area contributed by atoms with Gasteiger partial charge in [-0.25, -0.2) is 0 Å². The summed E-state index contributed by atoms with van der Waals surface area (Å²) in [7, 11) is 3.05. The first-order valence-corrected chi connectivity index (χ1v) is 8.46. The van der Waals surface area contributed by atoms with Crippen LogP contribution in [0.15, 0.2) is 42.5 Å². The molecule has 0 bridgehead atoms. The number of ether oxygens (including phenoxy) is 4. The molecule has 0 aliphatic heterocycles. The van der Waals surface area contributed by atoms with Crippen LogP contribution in [-0.4, -0.2) is 39.9 Å². The Kier molecular flexibility index (Phi) is 7.92. The fourth-order valence-electron chi connectivity index (χ4n) is 2.46. The summed E-state index contributed by atoms with van der Waals surface area (Å²) in [5.41, 5.74) is 2.06. The van der Waals surface area contributed by atoms with Gasteiger partial charge in [-0.3, -0.25) is 4.79 Å². The van der Waals surface area contributed by atoms with E-state index < -0.39 is 0 Å². The van der Waals surface area contributed by atoms with E-state index in [0.717, 1.165) is 5.56 Å². The van der Waals surface area contributed by atoms with Crippen molar-refractivity contribution in [3.8, 4) is 11.5 Å². The molecule has 0 aliphatic rings. The van der Waals surface area contributed by atoms with Crippen LogP contribution in [0, 0.1) is 0 Å². The Bertz CT molecular complexity index is 717. The van der Waals surface area contributed by atoms with Crippen molar-refractivity contribution < 1.29 is 23.7 Å². The van der Waals surface area contributed by atoms with Crippen molar-refractivity contribution in [3.05, 3.63) is 53.6 Å². The van der Waals surface area contributed by atoms with E-state index in [9.17, 15) is 4.79 Å². The number of nitrogens with one attached hydrogen (secondary N) is 1. The van der Waals surface area contributed by atoms with Gasteiger partial charge in [-0.1, -0.05) is 18.2 Å². The maximum Gasteiger partial charge on any atom is 0.259 e. The Labute approximate surface area is 154 Å². The maximum atomic E-state index is 12.6. The van der Waals surface area contributed by atoms with Gasteiger partial charge in [0.15, 0.2) is 11.5 Å². The lowest BCUT2D eigenvalue weighted by Crippen LogP contribution is -2.14. The highest BCUT2D eigenvalue weighted by atomic mass is 16.5. The van der Waals surface area contributed by atoms with E-state index in [1.54, 1.807) is 18.2 Å². The van der Waals surface area contributed by atoms with Crippen LogP contribution in [-0.2, 0) is 16.1 Å². The molecule has 26 heavy (non-hydrogen) atoms. The SMILES string of the molecule is CCOCCOCc1cccc(NC(=O)c2cccc(OC)c2OC)c1. The molecule has 0 aliphatic carbocycles. The molecule has 0 atom stereocenters. The molecule has 2 rings (SSSR count). The minimum atomic E-state index is -0.268. The molecule has 0 saturated carbocycles. The fraction of sp³-hybridized carbons (Fsp3) is 0.350. The number of benzene rings is 2. The van der Waals surface area contributed by atoms with E-state index in [0.29, 0.717) is 49.2 Å². The molecule has 140 valence electrons. The number of carbonyl (C=O) groups excluding carboxylic acids is 1. The van der Waals surface area contributed by atoms with Crippen LogP contribution in [0.2, 0.25) is 0 Å². The minimum absolute atomic E-state index is 0.268. The topological polar surface area (TPSA) is 66.0 Å². The van der Waals surface area contributed by atoms with Crippen molar-refractivity contribution in [2.24, 2.45) is 0 Å². The van der Waals surface area contributed by atoms with E-state index in [1.807, 2.05) is 31.2 Å². The zero-order chi connectivity index (χ0) is 18.8. The molecular formula is C20H25NO5. The van der Waals surface area contributed by atoms with Gasteiger partial charge >= 0.3 is 0 Å². The molecule has 0 spiro atoms. The zero-order valence-corrected chi connectivity index (χ0v) is 15.4. The molecule has 2 aromatic carbocycles. The summed E-state index contributed by atoms with van der Waals surface area (Å²) >= 11 is 0. The third-order valence-corrected chi connectivity index (χ3v) is 3.68. The molecule has 0 fully saturated rings. The molecule has 0 saturated heterocycles. The van der Waals surface area contributed by atoms with Crippen LogP contribution in [0.1, 0.15) is 22.8 Å². The summed E-state index contributed by atoms with van der Waals surface area (Å²) in [5, 5.41) is 2.88. The number of carbonyl (C=O) groups is 1. The second kappa shape index (κ2) is 10.4. The number of hydrogen-bond acceptors (Lipinski definition) is 5. The Hall–Kier alpha value is -2.57. The molecule has 1 amide bonds.